The van der Waals surface area contributed by atoms with Gasteiger partial charge in [-0.1, -0.05) is 64.3 Å². The Balaban J connectivity index is 0. The molecule has 22 heavy (non-hydrogen) atoms. The number of unbranched alkanes of at least 4 members (excludes halogenated alkanes) is 2. The molecule has 1 aromatic carbocycles. The molecule has 0 heterocycles. The highest BCUT2D eigenvalue weighted by molar-refractivity contribution is 6.01. The van der Waals surface area contributed by atoms with E-state index in [0.717, 1.165) is 25.7 Å². The Kier molecular flexibility index (Phi) is 16.4. The molecule has 0 saturated carbocycles. The van der Waals surface area contributed by atoms with Crippen molar-refractivity contribution in [1.29, 1.82) is 0 Å². The largest absolute Gasteiger partial charge is 0.394 e. The number of Topliss-reactive ketones (excluding diaryl/α,β-unsaturated/α-hetero) is 1. The third kappa shape index (κ3) is 11.2. The third-order valence-corrected chi connectivity index (χ3v) is 2.82. The van der Waals surface area contributed by atoms with Crippen molar-refractivity contribution in [3.05, 3.63) is 35.4 Å². The molecule has 0 aliphatic heterocycles. The molecule has 0 saturated heterocycles. The summed E-state index contributed by atoms with van der Waals surface area (Å²) in [7, 11) is 0. The maximum atomic E-state index is 10.9. The van der Waals surface area contributed by atoms with Crippen LogP contribution in [0.25, 0.3) is 0 Å². The van der Waals surface area contributed by atoms with Crippen molar-refractivity contribution in [2.24, 2.45) is 0 Å². The minimum Gasteiger partial charge on any atom is -0.394 e. The summed E-state index contributed by atoms with van der Waals surface area (Å²) in [5.41, 5.74) is 0.947. The molecule has 4 heteroatoms. The minimum atomic E-state index is -0.489. The number of hydrogen-bond donors (Lipinski definition) is 2. The summed E-state index contributed by atoms with van der Waals surface area (Å²) in [5, 5.41) is 17.2. The van der Waals surface area contributed by atoms with Crippen LogP contribution in [0, 0.1) is 0 Å². The van der Waals surface area contributed by atoms with Gasteiger partial charge in [0.1, 0.15) is 0 Å². The Morgan fingerprint density at radius 2 is 1.82 bits per heavy atom. The first-order chi connectivity index (χ1) is 10.6. The highest BCUT2D eigenvalue weighted by atomic mass is 16.3. The first kappa shape index (κ1) is 22.8. The van der Waals surface area contributed by atoms with Crippen LogP contribution in [-0.2, 0) is 0 Å². The Morgan fingerprint density at radius 3 is 2.23 bits per heavy atom. The van der Waals surface area contributed by atoms with Gasteiger partial charge in [0.05, 0.1) is 12.7 Å². The molecule has 1 atom stereocenters. The third-order valence-electron chi connectivity index (χ3n) is 2.82. The van der Waals surface area contributed by atoms with Crippen molar-refractivity contribution in [3.8, 4) is 0 Å². The number of aldehydes is 1. The highest BCUT2D eigenvalue weighted by Crippen LogP contribution is 2.06. The van der Waals surface area contributed by atoms with Gasteiger partial charge in [0.2, 0.25) is 0 Å². The number of hydrogen-bond acceptors (Lipinski definition) is 4. The molecular formula is C18H30O4. The summed E-state index contributed by atoms with van der Waals surface area (Å²) in [6.45, 7) is 7.47. The fraction of sp³-hybridized carbons (Fsp3) is 0.556. The first-order valence-corrected chi connectivity index (χ1v) is 7.90. The van der Waals surface area contributed by atoms with E-state index in [2.05, 4.69) is 6.92 Å². The van der Waals surface area contributed by atoms with Crippen LogP contribution in [0.4, 0.5) is 0 Å². The van der Waals surface area contributed by atoms with Crippen LogP contribution < -0.4 is 0 Å². The van der Waals surface area contributed by atoms with Crippen molar-refractivity contribution in [2.45, 2.75) is 59.5 Å². The van der Waals surface area contributed by atoms with Crippen molar-refractivity contribution >= 4 is 12.1 Å². The van der Waals surface area contributed by atoms with Crippen LogP contribution >= 0.6 is 0 Å². The van der Waals surface area contributed by atoms with Crippen LogP contribution in [-0.4, -0.2) is 35.0 Å². The Hall–Kier alpha value is -1.52. The fourth-order valence-electron chi connectivity index (χ4n) is 1.64. The second-order valence-corrected chi connectivity index (χ2v) is 4.59. The Bertz CT molecular complexity index is 402. The average Bonchev–Trinajstić information content (AvgIpc) is 2.57. The van der Waals surface area contributed by atoms with E-state index >= 15 is 0 Å². The van der Waals surface area contributed by atoms with Gasteiger partial charge in [0, 0.05) is 11.1 Å². The van der Waals surface area contributed by atoms with Gasteiger partial charge in [0.25, 0.3) is 0 Å². The second-order valence-electron chi connectivity index (χ2n) is 4.59. The molecule has 1 aromatic rings. The molecule has 4 nitrogen and oxygen atoms in total. The molecular weight excluding hydrogens is 280 g/mol. The summed E-state index contributed by atoms with van der Waals surface area (Å²) >= 11 is 0. The van der Waals surface area contributed by atoms with Crippen LogP contribution in [0.2, 0.25) is 0 Å². The van der Waals surface area contributed by atoms with Gasteiger partial charge in [-0.05, 0) is 13.3 Å². The van der Waals surface area contributed by atoms with Gasteiger partial charge in [0.15, 0.2) is 12.1 Å². The predicted molar refractivity (Wildman–Crippen MR) is 90.4 cm³/mol. The quantitative estimate of drug-likeness (QED) is 0.458. The zero-order chi connectivity index (χ0) is 17.4. The maximum Gasteiger partial charge on any atom is 0.160 e. The number of benzene rings is 1. The minimum absolute atomic E-state index is 0.0762. The standard InChI is InChI=1S/C9H8O2.C7H16O2.C2H6/c1-7(11)9-5-3-2-4-8(9)6-10;1-2-3-4-5-7(9)6-8;1-2/h2-6H,1H3;7-9H,2-6H2,1H3;1-2H3. The molecule has 0 aliphatic carbocycles. The van der Waals surface area contributed by atoms with Crippen LogP contribution in [0.3, 0.4) is 0 Å². The summed E-state index contributed by atoms with van der Waals surface area (Å²) in [4.78, 5) is 21.2. The van der Waals surface area contributed by atoms with Gasteiger partial charge >= 0.3 is 0 Å². The fourth-order valence-corrected chi connectivity index (χ4v) is 1.64. The smallest absolute Gasteiger partial charge is 0.160 e. The lowest BCUT2D eigenvalue weighted by Gasteiger charge is -2.04. The number of aliphatic hydroxyl groups is 2. The Labute approximate surface area is 134 Å². The average molecular weight is 310 g/mol. The SMILES string of the molecule is CC.CC(=O)c1ccccc1C=O.CCCCCC(O)CO. The molecule has 0 spiro atoms. The molecule has 0 fully saturated rings. The van der Waals surface area contributed by atoms with E-state index in [1.54, 1.807) is 24.3 Å². The number of ketones is 1. The molecule has 0 aromatic heterocycles. The normalized spacial score (nSPS) is 10.5. The van der Waals surface area contributed by atoms with Crippen LogP contribution in [0.1, 0.15) is 74.1 Å². The molecule has 0 aliphatic rings. The zero-order valence-corrected chi connectivity index (χ0v) is 14.2. The number of carbonyl (C=O) groups is 2. The van der Waals surface area contributed by atoms with E-state index in [0.29, 0.717) is 17.4 Å². The van der Waals surface area contributed by atoms with Crippen molar-refractivity contribution in [1.82, 2.24) is 0 Å². The lowest BCUT2D eigenvalue weighted by Crippen LogP contribution is -2.10. The number of aliphatic hydroxyl groups excluding tert-OH is 2. The van der Waals surface area contributed by atoms with Gasteiger partial charge in [-0.3, -0.25) is 9.59 Å². The van der Waals surface area contributed by atoms with E-state index in [1.807, 2.05) is 13.8 Å². The van der Waals surface area contributed by atoms with Crippen LogP contribution in [0.5, 0.6) is 0 Å². The van der Waals surface area contributed by atoms with Gasteiger partial charge in [-0.2, -0.15) is 0 Å². The van der Waals surface area contributed by atoms with E-state index < -0.39 is 6.10 Å². The van der Waals surface area contributed by atoms with Crippen molar-refractivity contribution in [2.75, 3.05) is 6.61 Å². The van der Waals surface area contributed by atoms with E-state index in [9.17, 15) is 9.59 Å². The molecule has 2 N–H and O–H groups in total. The predicted octanol–water partition coefficient (Wildman–Crippen LogP) is 3.65. The van der Waals surface area contributed by atoms with E-state index in [4.69, 9.17) is 10.2 Å². The summed E-state index contributed by atoms with van der Waals surface area (Å²) in [6.07, 6.45) is 4.28. The summed E-state index contributed by atoms with van der Waals surface area (Å²) in [6, 6.07) is 6.75. The van der Waals surface area contributed by atoms with Crippen LogP contribution in [0.15, 0.2) is 24.3 Å². The summed E-state index contributed by atoms with van der Waals surface area (Å²) < 4.78 is 0. The summed E-state index contributed by atoms with van der Waals surface area (Å²) in [5.74, 6) is -0.0762. The molecule has 0 radical (unpaired) electrons. The van der Waals surface area contributed by atoms with E-state index in [-0.39, 0.29) is 12.4 Å². The maximum absolute atomic E-state index is 10.9. The van der Waals surface area contributed by atoms with Gasteiger partial charge in [-0.25, -0.2) is 0 Å². The molecule has 0 bridgehead atoms. The van der Waals surface area contributed by atoms with Crippen molar-refractivity contribution < 1.29 is 19.8 Å². The number of carbonyl (C=O) groups excluding carboxylic acids is 2. The second kappa shape index (κ2) is 15.9. The van der Waals surface area contributed by atoms with Crippen molar-refractivity contribution in [3.63, 3.8) is 0 Å². The monoisotopic (exact) mass is 310 g/mol. The van der Waals surface area contributed by atoms with E-state index in [1.165, 1.54) is 6.92 Å². The zero-order valence-electron chi connectivity index (χ0n) is 14.2. The molecule has 1 unspecified atom stereocenters. The molecule has 0 amide bonds. The number of rotatable bonds is 7. The first-order valence-electron chi connectivity index (χ1n) is 7.90. The van der Waals surface area contributed by atoms with Gasteiger partial charge in [-0.15, -0.1) is 0 Å². The molecule has 1 rings (SSSR count). The van der Waals surface area contributed by atoms with Gasteiger partial charge < -0.3 is 10.2 Å². The topological polar surface area (TPSA) is 74.6 Å². The lowest BCUT2D eigenvalue weighted by molar-refractivity contribution is 0.0861. The lowest BCUT2D eigenvalue weighted by atomic mass is 10.1. The highest BCUT2D eigenvalue weighted by Gasteiger charge is 2.03. The Morgan fingerprint density at radius 1 is 1.23 bits per heavy atom. The molecule has 126 valence electrons.